The summed E-state index contributed by atoms with van der Waals surface area (Å²) >= 11 is 2.09. The number of thioether (sulfide) groups is 1. The highest BCUT2D eigenvalue weighted by Crippen LogP contribution is 2.26. The number of aryl methyl sites for hydroxylation is 1. The van der Waals surface area contributed by atoms with Gasteiger partial charge in [0.1, 0.15) is 5.82 Å². The van der Waals surface area contributed by atoms with Crippen LogP contribution in [0.1, 0.15) is 30.8 Å². The second-order valence-electron chi connectivity index (χ2n) is 5.33. The maximum atomic E-state index is 6.06. The van der Waals surface area contributed by atoms with E-state index in [1.807, 2.05) is 0 Å². The zero-order chi connectivity index (χ0) is 11.7. The molecule has 1 fully saturated rings. The topological polar surface area (TPSA) is 43.8 Å². The fraction of sp³-hybridized carbons (Fsp3) is 0.769. The van der Waals surface area contributed by atoms with E-state index in [0.29, 0.717) is 6.04 Å². The summed E-state index contributed by atoms with van der Waals surface area (Å²) in [6.07, 6.45) is 8.17. The molecule has 1 unspecified atom stereocenters. The summed E-state index contributed by atoms with van der Waals surface area (Å²) < 4.78 is 2.38. The summed E-state index contributed by atoms with van der Waals surface area (Å²) in [7, 11) is 0. The van der Waals surface area contributed by atoms with Crippen LogP contribution in [0.4, 0.5) is 0 Å². The third kappa shape index (κ3) is 2.52. The molecule has 3 nitrogen and oxygen atoms in total. The lowest BCUT2D eigenvalue weighted by Gasteiger charge is -2.25. The zero-order valence-electron chi connectivity index (χ0n) is 10.3. The van der Waals surface area contributed by atoms with Gasteiger partial charge in [0.05, 0.1) is 0 Å². The van der Waals surface area contributed by atoms with Crippen molar-refractivity contribution >= 4 is 11.8 Å². The minimum atomic E-state index is 0.331. The highest BCUT2D eigenvalue weighted by Gasteiger charge is 2.21. The number of hydrogen-bond acceptors (Lipinski definition) is 3. The Hall–Kier alpha value is -0.480. The van der Waals surface area contributed by atoms with Gasteiger partial charge in [0.25, 0.3) is 0 Å². The molecule has 3 heterocycles. The Balaban J connectivity index is 1.72. The Kier molecular flexibility index (Phi) is 3.43. The molecule has 2 N–H and O–H groups in total. The van der Waals surface area contributed by atoms with Gasteiger partial charge in [-0.3, -0.25) is 0 Å². The van der Waals surface area contributed by atoms with Crippen LogP contribution in [0.5, 0.6) is 0 Å². The second-order valence-corrected chi connectivity index (χ2v) is 6.56. The Morgan fingerprint density at radius 2 is 2.18 bits per heavy atom. The summed E-state index contributed by atoms with van der Waals surface area (Å²) in [4.78, 5) is 4.63. The van der Waals surface area contributed by atoms with Crippen LogP contribution in [0.15, 0.2) is 6.20 Å². The molecular formula is C13H21N3S. The van der Waals surface area contributed by atoms with Crippen molar-refractivity contribution in [2.24, 2.45) is 11.7 Å². The van der Waals surface area contributed by atoms with Gasteiger partial charge in [0.15, 0.2) is 0 Å². The molecule has 0 spiro atoms. The highest BCUT2D eigenvalue weighted by molar-refractivity contribution is 7.99. The number of imidazole rings is 1. The van der Waals surface area contributed by atoms with Crippen LogP contribution in [0.2, 0.25) is 0 Å². The number of aromatic nitrogens is 2. The average molecular weight is 251 g/mol. The third-order valence-electron chi connectivity index (χ3n) is 4.02. The molecular weight excluding hydrogens is 230 g/mol. The second kappa shape index (κ2) is 5.02. The van der Waals surface area contributed by atoms with E-state index in [2.05, 4.69) is 27.5 Å². The van der Waals surface area contributed by atoms with Gasteiger partial charge >= 0.3 is 0 Å². The first-order valence-electron chi connectivity index (χ1n) is 6.69. The summed E-state index contributed by atoms with van der Waals surface area (Å²) in [5.74, 6) is 4.79. The predicted molar refractivity (Wildman–Crippen MR) is 72.3 cm³/mol. The molecule has 4 heteroatoms. The van der Waals surface area contributed by atoms with Gasteiger partial charge in [-0.25, -0.2) is 4.98 Å². The van der Waals surface area contributed by atoms with E-state index in [0.717, 1.165) is 31.7 Å². The van der Waals surface area contributed by atoms with Gasteiger partial charge in [-0.2, -0.15) is 11.8 Å². The van der Waals surface area contributed by atoms with Crippen molar-refractivity contribution < 1.29 is 0 Å². The van der Waals surface area contributed by atoms with Crippen LogP contribution < -0.4 is 5.73 Å². The molecule has 0 radical (unpaired) electrons. The number of nitrogens with zero attached hydrogens (tertiary/aromatic N) is 2. The molecule has 17 heavy (non-hydrogen) atoms. The fourth-order valence-electron chi connectivity index (χ4n) is 2.91. The number of nitrogens with two attached hydrogens (primary N) is 1. The SMILES string of the molecule is NC1CCc2cnc(CC3CCSCC3)n2C1. The molecule has 1 aromatic heterocycles. The Morgan fingerprint density at radius 1 is 1.35 bits per heavy atom. The van der Waals surface area contributed by atoms with Crippen LogP contribution in [0.25, 0.3) is 0 Å². The first-order chi connectivity index (χ1) is 8.33. The molecule has 0 saturated carbocycles. The van der Waals surface area contributed by atoms with Gasteiger partial charge in [-0.15, -0.1) is 0 Å². The van der Waals surface area contributed by atoms with Gasteiger partial charge < -0.3 is 10.3 Å². The monoisotopic (exact) mass is 251 g/mol. The molecule has 2 aliphatic heterocycles. The maximum absolute atomic E-state index is 6.06. The molecule has 1 atom stereocenters. The molecule has 1 aromatic rings. The fourth-order valence-corrected chi connectivity index (χ4v) is 4.11. The van der Waals surface area contributed by atoms with E-state index in [4.69, 9.17) is 5.73 Å². The molecule has 94 valence electrons. The van der Waals surface area contributed by atoms with Crippen LogP contribution in [-0.4, -0.2) is 27.1 Å². The summed E-state index contributed by atoms with van der Waals surface area (Å²) in [5, 5.41) is 0. The lowest BCUT2D eigenvalue weighted by Crippen LogP contribution is -2.32. The molecule has 3 rings (SSSR count). The minimum Gasteiger partial charge on any atom is -0.330 e. The Bertz CT molecular complexity index is 382. The summed E-state index contributed by atoms with van der Waals surface area (Å²) in [6.45, 7) is 0.978. The summed E-state index contributed by atoms with van der Waals surface area (Å²) in [5.41, 5.74) is 7.45. The summed E-state index contributed by atoms with van der Waals surface area (Å²) in [6, 6.07) is 0.331. The molecule has 1 saturated heterocycles. The maximum Gasteiger partial charge on any atom is 0.109 e. The van der Waals surface area contributed by atoms with E-state index in [9.17, 15) is 0 Å². The predicted octanol–water partition coefficient (Wildman–Crippen LogP) is 1.84. The van der Waals surface area contributed by atoms with Gasteiger partial charge in [-0.05, 0) is 43.1 Å². The van der Waals surface area contributed by atoms with E-state index in [1.165, 1.54) is 35.9 Å². The highest BCUT2D eigenvalue weighted by atomic mass is 32.2. The first-order valence-corrected chi connectivity index (χ1v) is 7.85. The lowest BCUT2D eigenvalue weighted by atomic mass is 9.98. The molecule has 0 amide bonds. The van der Waals surface area contributed by atoms with Crippen molar-refractivity contribution in [1.82, 2.24) is 9.55 Å². The quantitative estimate of drug-likeness (QED) is 0.872. The van der Waals surface area contributed by atoms with Crippen molar-refractivity contribution in [3.63, 3.8) is 0 Å². The molecule has 0 aromatic carbocycles. The molecule has 2 aliphatic rings. The standard InChI is InChI=1S/C13H21N3S/c14-11-1-2-12-8-15-13(16(12)9-11)7-10-3-5-17-6-4-10/h8,10-11H,1-7,9,14H2. The average Bonchev–Trinajstić information content (AvgIpc) is 2.73. The molecule has 0 aliphatic carbocycles. The number of hydrogen-bond donors (Lipinski definition) is 1. The minimum absolute atomic E-state index is 0.331. The third-order valence-corrected chi connectivity index (χ3v) is 5.07. The van der Waals surface area contributed by atoms with Crippen LogP contribution in [0, 0.1) is 5.92 Å². The van der Waals surface area contributed by atoms with Gasteiger partial charge in [0, 0.05) is 30.9 Å². The first kappa shape index (κ1) is 11.6. The number of fused-ring (bicyclic) bond motifs is 1. The van der Waals surface area contributed by atoms with E-state index >= 15 is 0 Å². The van der Waals surface area contributed by atoms with Crippen LogP contribution in [0.3, 0.4) is 0 Å². The lowest BCUT2D eigenvalue weighted by molar-refractivity contribution is 0.420. The Morgan fingerprint density at radius 3 is 3.00 bits per heavy atom. The number of rotatable bonds is 2. The van der Waals surface area contributed by atoms with Gasteiger partial charge in [0.2, 0.25) is 0 Å². The largest absolute Gasteiger partial charge is 0.330 e. The van der Waals surface area contributed by atoms with Crippen LogP contribution >= 0.6 is 11.8 Å². The van der Waals surface area contributed by atoms with Crippen molar-refractivity contribution in [1.29, 1.82) is 0 Å². The van der Waals surface area contributed by atoms with E-state index in [1.54, 1.807) is 0 Å². The zero-order valence-corrected chi connectivity index (χ0v) is 11.1. The smallest absolute Gasteiger partial charge is 0.109 e. The van der Waals surface area contributed by atoms with E-state index in [-0.39, 0.29) is 0 Å². The van der Waals surface area contributed by atoms with Gasteiger partial charge in [-0.1, -0.05) is 0 Å². The van der Waals surface area contributed by atoms with Crippen molar-refractivity contribution in [3.05, 3.63) is 17.7 Å². The van der Waals surface area contributed by atoms with Crippen molar-refractivity contribution in [2.75, 3.05) is 11.5 Å². The van der Waals surface area contributed by atoms with E-state index < -0.39 is 0 Å². The van der Waals surface area contributed by atoms with Crippen molar-refractivity contribution in [3.8, 4) is 0 Å². The van der Waals surface area contributed by atoms with Crippen LogP contribution in [-0.2, 0) is 19.4 Å². The molecule has 0 bridgehead atoms. The van der Waals surface area contributed by atoms with Crippen molar-refractivity contribution in [2.45, 2.75) is 44.7 Å². The normalized spacial score (nSPS) is 25.8. The Labute approximate surface area is 107 Å².